The average Bonchev–Trinajstić information content (AvgIpc) is 3.00. The van der Waals surface area contributed by atoms with E-state index >= 15 is 0 Å². The molecule has 1 fully saturated rings. The van der Waals surface area contributed by atoms with E-state index in [-0.39, 0.29) is 12.5 Å². The van der Waals surface area contributed by atoms with Crippen LogP contribution in [0.5, 0.6) is 0 Å². The molecule has 8 heteroatoms. The number of ether oxygens (including phenoxy) is 1. The third kappa shape index (κ3) is 3.72. The number of rotatable bonds is 5. The molecule has 0 spiro atoms. The van der Waals surface area contributed by atoms with Crippen molar-refractivity contribution in [3.8, 4) is 0 Å². The first-order valence-electron chi connectivity index (χ1n) is 6.81. The van der Waals surface area contributed by atoms with E-state index in [0.29, 0.717) is 18.7 Å². The van der Waals surface area contributed by atoms with Crippen LogP contribution in [0.25, 0.3) is 0 Å². The largest absolute Gasteiger partial charge is 0.480 e. The van der Waals surface area contributed by atoms with Gasteiger partial charge in [0.2, 0.25) is 0 Å². The fourth-order valence-corrected chi connectivity index (χ4v) is 2.27. The fraction of sp³-hybridized carbons (Fsp3) is 0.615. The summed E-state index contributed by atoms with van der Waals surface area (Å²) in [5.41, 5.74) is 0.160. The van der Waals surface area contributed by atoms with Crippen molar-refractivity contribution in [3.63, 3.8) is 0 Å². The van der Waals surface area contributed by atoms with Gasteiger partial charge in [-0.3, -0.25) is 0 Å². The number of carboxylic acid groups (broad SMARTS) is 1. The van der Waals surface area contributed by atoms with Crippen molar-refractivity contribution < 1.29 is 19.4 Å². The smallest absolute Gasteiger partial charge is 0.326 e. The van der Waals surface area contributed by atoms with Crippen LogP contribution in [0.1, 0.15) is 26.0 Å². The maximum atomic E-state index is 12.0. The van der Waals surface area contributed by atoms with Gasteiger partial charge in [0.05, 0.1) is 18.0 Å². The van der Waals surface area contributed by atoms with Crippen LogP contribution in [0.15, 0.2) is 12.5 Å². The highest BCUT2D eigenvalue weighted by Crippen LogP contribution is 2.24. The van der Waals surface area contributed by atoms with Gasteiger partial charge in [0, 0.05) is 24.9 Å². The molecule has 21 heavy (non-hydrogen) atoms. The minimum absolute atomic E-state index is 0.112. The highest BCUT2D eigenvalue weighted by atomic mass is 16.5. The van der Waals surface area contributed by atoms with Crippen LogP contribution in [0.3, 0.4) is 0 Å². The maximum absolute atomic E-state index is 12.0. The molecule has 1 aromatic rings. The lowest BCUT2D eigenvalue weighted by Crippen LogP contribution is -2.57. The molecule has 0 saturated carbocycles. The van der Waals surface area contributed by atoms with Gasteiger partial charge >= 0.3 is 12.0 Å². The Kier molecular flexibility index (Phi) is 4.46. The quantitative estimate of drug-likeness (QED) is 0.622. The standard InChI is InChI=1S/C13H20N4O4/c1-8-13(2,3-4-21-8)17-12(20)16-10(11(18)19)5-9-6-14-7-15-9/h6-8,10H,3-5H2,1-2H3,(H,14,15)(H,18,19)(H2,16,17,20). The van der Waals surface area contributed by atoms with E-state index in [1.807, 2.05) is 13.8 Å². The molecule has 2 heterocycles. The topological polar surface area (TPSA) is 116 Å². The Labute approximate surface area is 122 Å². The number of aromatic nitrogens is 2. The Hall–Kier alpha value is -2.09. The van der Waals surface area contributed by atoms with Crippen molar-refractivity contribution in [3.05, 3.63) is 18.2 Å². The summed E-state index contributed by atoms with van der Waals surface area (Å²) in [6.45, 7) is 4.34. The molecule has 8 nitrogen and oxygen atoms in total. The minimum atomic E-state index is -1.10. The molecule has 2 amide bonds. The molecule has 116 valence electrons. The van der Waals surface area contributed by atoms with Gasteiger partial charge in [-0.15, -0.1) is 0 Å². The SMILES string of the molecule is CC1OCCC1(C)NC(=O)NC(Cc1cnc[nH]1)C(=O)O. The third-order valence-corrected chi connectivity index (χ3v) is 3.87. The van der Waals surface area contributed by atoms with E-state index < -0.39 is 23.6 Å². The number of aromatic amines is 1. The summed E-state index contributed by atoms with van der Waals surface area (Å²) in [5, 5.41) is 14.5. The molecule has 1 aliphatic heterocycles. The maximum Gasteiger partial charge on any atom is 0.326 e. The molecule has 1 saturated heterocycles. The number of carbonyl (C=O) groups is 2. The molecule has 1 aromatic heterocycles. The van der Waals surface area contributed by atoms with E-state index in [4.69, 9.17) is 4.74 Å². The van der Waals surface area contributed by atoms with Crippen LogP contribution in [-0.2, 0) is 16.0 Å². The van der Waals surface area contributed by atoms with Gasteiger partial charge in [0.15, 0.2) is 0 Å². The van der Waals surface area contributed by atoms with Gasteiger partial charge in [0.25, 0.3) is 0 Å². The number of amides is 2. The van der Waals surface area contributed by atoms with Crippen molar-refractivity contribution in [2.75, 3.05) is 6.61 Å². The summed E-state index contributed by atoms with van der Waals surface area (Å²) >= 11 is 0. The molecule has 0 radical (unpaired) electrons. The molecule has 3 unspecified atom stereocenters. The van der Waals surface area contributed by atoms with Gasteiger partial charge in [0.1, 0.15) is 6.04 Å². The zero-order valence-electron chi connectivity index (χ0n) is 12.0. The molecular weight excluding hydrogens is 276 g/mol. The number of urea groups is 1. The molecule has 3 atom stereocenters. The fourth-order valence-electron chi connectivity index (χ4n) is 2.27. The number of imidazole rings is 1. The second kappa shape index (κ2) is 6.13. The second-order valence-corrected chi connectivity index (χ2v) is 5.45. The summed E-state index contributed by atoms with van der Waals surface area (Å²) in [6, 6.07) is -1.53. The van der Waals surface area contributed by atoms with Crippen molar-refractivity contribution >= 4 is 12.0 Å². The number of nitrogens with zero attached hydrogens (tertiary/aromatic N) is 1. The van der Waals surface area contributed by atoms with E-state index in [1.165, 1.54) is 12.5 Å². The molecule has 0 bridgehead atoms. The predicted octanol–water partition coefficient (Wildman–Crippen LogP) is 0.272. The monoisotopic (exact) mass is 296 g/mol. The van der Waals surface area contributed by atoms with Crippen LogP contribution in [-0.4, -0.2) is 51.4 Å². The minimum Gasteiger partial charge on any atom is -0.480 e. The summed E-state index contributed by atoms with van der Waals surface area (Å²) in [4.78, 5) is 29.9. The van der Waals surface area contributed by atoms with Gasteiger partial charge in [-0.2, -0.15) is 0 Å². The highest BCUT2D eigenvalue weighted by molar-refractivity contribution is 5.83. The van der Waals surface area contributed by atoms with Crippen LogP contribution >= 0.6 is 0 Å². The first kappa shape index (κ1) is 15.3. The highest BCUT2D eigenvalue weighted by Gasteiger charge is 2.38. The molecule has 4 N–H and O–H groups in total. The summed E-state index contributed by atoms with van der Waals surface area (Å²) in [6.07, 6.45) is 3.72. The van der Waals surface area contributed by atoms with Crippen molar-refractivity contribution in [1.82, 2.24) is 20.6 Å². The average molecular weight is 296 g/mol. The Bertz CT molecular complexity index is 504. The second-order valence-electron chi connectivity index (χ2n) is 5.45. The summed E-state index contributed by atoms with van der Waals surface area (Å²) < 4.78 is 5.43. The molecule has 0 aromatic carbocycles. The Balaban J connectivity index is 1.94. The van der Waals surface area contributed by atoms with Gasteiger partial charge in [-0.25, -0.2) is 14.6 Å². The van der Waals surface area contributed by atoms with E-state index in [9.17, 15) is 14.7 Å². The van der Waals surface area contributed by atoms with Crippen LogP contribution < -0.4 is 10.6 Å². The zero-order valence-corrected chi connectivity index (χ0v) is 12.0. The van der Waals surface area contributed by atoms with Crippen molar-refractivity contribution in [2.24, 2.45) is 0 Å². The van der Waals surface area contributed by atoms with Crippen LogP contribution in [0.4, 0.5) is 4.79 Å². The zero-order chi connectivity index (χ0) is 15.5. The number of carboxylic acids is 1. The molecule has 1 aliphatic rings. The van der Waals surface area contributed by atoms with Crippen LogP contribution in [0.2, 0.25) is 0 Å². The summed E-state index contributed by atoms with van der Waals surface area (Å²) in [7, 11) is 0. The number of H-pyrrole nitrogens is 1. The van der Waals surface area contributed by atoms with E-state index in [0.717, 1.165) is 0 Å². The number of hydrogen-bond donors (Lipinski definition) is 4. The van der Waals surface area contributed by atoms with Gasteiger partial charge < -0.3 is 25.5 Å². The Morgan fingerprint density at radius 2 is 2.43 bits per heavy atom. The lowest BCUT2D eigenvalue weighted by molar-refractivity contribution is -0.139. The molecule has 2 rings (SSSR count). The summed E-state index contributed by atoms with van der Waals surface area (Å²) in [5.74, 6) is -1.10. The number of hydrogen-bond acceptors (Lipinski definition) is 4. The lowest BCUT2D eigenvalue weighted by atomic mass is 9.95. The van der Waals surface area contributed by atoms with Crippen LogP contribution in [0, 0.1) is 0 Å². The van der Waals surface area contributed by atoms with Gasteiger partial charge in [-0.1, -0.05) is 0 Å². The first-order chi connectivity index (χ1) is 9.90. The van der Waals surface area contributed by atoms with Gasteiger partial charge in [-0.05, 0) is 20.3 Å². The lowest BCUT2D eigenvalue weighted by Gasteiger charge is -2.29. The number of aliphatic carboxylic acids is 1. The van der Waals surface area contributed by atoms with E-state index in [1.54, 1.807) is 0 Å². The predicted molar refractivity (Wildman–Crippen MR) is 73.8 cm³/mol. The normalized spacial score (nSPS) is 26.3. The molecular formula is C13H20N4O4. The first-order valence-corrected chi connectivity index (χ1v) is 6.81. The Morgan fingerprint density at radius 1 is 1.67 bits per heavy atom. The third-order valence-electron chi connectivity index (χ3n) is 3.87. The molecule has 0 aliphatic carbocycles. The van der Waals surface area contributed by atoms with E-state index in [2.05, 4.69) is 20.6 Å². The Morgan fingerprint density at radius 3 is 2.95 bits per heavy atom. The van der Waals surface area contributed by atoms with Crippen molar-refractivity contribution in [1.29, 1.82) is 0 Å². The number of nitrogens with one attached hydrogen (secondary N) is 3. The number of carbonyl (C=O) groups excluding carboxylic acids is 1. The van der Waals surface area contributed by atoms with Crippen molar-refractivity contribution in [2.45, 2.75) is 44.4 Å².